The smallest absolute Gasteiger partial charge is 0.140 e. The second-order valence-corrected chi connectivity index (χ2v) is 5.51. The fourth-order valence-corrected chi connectivity index (χ4v) is 2.97. The van der Waals surface area contributed by atoms with E-state index in [2.05, 4.69) is 21.2 Å². The predicted octanol–water partition coefficient (Wildman–Crippen LogP) is 2.72. The van der Waals surface area contributed by atoms with Gasteiger partial charge in [-0.2, -0.15) is 0 Å². The highest BCUT2D eigenvalue weighted by molar-refractivity contribution is 9.10. The quantitative estimate of drug-likeness (QED) is 0.890. The highest BCUT2D eigenvalue weighted by atomic mass is 79.9. The van der Waals surface area contributed by atoms with Gasteiger partial charge in [0.2, 0.25) is 0 Å². The third-order valence-electron chi connectivity index (χ3n) is 3.19. The van der Waals surface area contributed by atoms with E-state index in [9.17, 15) is 9.50 Å². The van der Waals surface area contributed by atoms with Crippen molar-refractivity contribution in [2.24, 2.45) is 0 Å². The predicted molar refractivity (Wildman–Crippen MR) is 74.0 cm³/mol. The van der Waals surface area contributed by atoms with Crippen LogP contribution in [0.1, 0.15) is 11.6 Å². The van der Waals surface area contributed by atoms with E-state index in [4.69, 9.17) is 11.6 Å². The molecule has 2 N–H and O–H groups in total. The number of phenolic OH excluding ortho intramolecular Hbond substituents is 1. The molecule has 3 nitrogen and oxygen atoms in total. The van der Waals surface area contributed by atoms with Gasteiger partial charge >= 0.3 is 0 Å². The minimum atomic E-state index is -0.549. The van der Waals surface area contributed by atoms with Crippen LogP contribution in [0.2, 0.25) is 5.02 Å². The Morgan fingerprint density at radius 3 is 2.72 bits per heavy atom. The first-order valence-corrected chi connectivity index (χ1v) is 7.00. The van der Waals surface area contributed by atoms with E-state index < -0.39 is 12.7 Å². The van der Waals surface area contributed by atoms with Crippen molar-refractivity contribution in [3.63, 3.8) is 0 Å². The molecule has 0 unspecified atom stereocenters. The van der Waals surface area contributed by atoms with Crippen LogP contribution >= 0.6 is 27.5 Å². The molecule has 1 saturated heterocycles. The van der Waals surface area contributed by atoms with Gasteiger partial charge in [0.1, 0.15) is 12.4 Å². The molecule has 18 heavy (non-hydrogen) atoms. The van der Waals surface area contributed by atoms with Gasteiger partial charge in [-0.15, -0.1) is 0 Å². The maximum absolute atomic E-state index is 13.4. The largest absolute Gasteiger partial charge is 0.506 e. The van der Waals surface area contributed by atoms with Crippen molar-refractivity contribution in [1.82, 2.24) is 10.2 Å². The molecule has 1 aromatic carbocycles. The number of alkyl halides is 1. The summed E-state index contributed by atoms with van der Waals surface area (Å²) in [5.41, 5.74) is 0.534. The topological polar surface area (TPSA) is 35.5 Å². The van der Waals surface area contributed by atoms with Crippen LogP contribution in [-0.2, 0) is 0 Å². The van der Waals surface area contributed by atoms with E-state index in [0.717, 1.165) is 26.2 Å². The molecule has 0 saturated carbocycles. The van der Waals surface area contributed by atoms with Gasteiger partial charge in [0.25, 0.3) is 0 Å². The second kappa shape index (κ2) is 6.19. The Kier molecular flexibility index (Phi) is 4.84. The van der Waals surface area contributed by atoms with Crippen molar-refractivity contribution in [1.29, 1.82) is 0 Å². The average molecular weight is 338 g/mol. The van der Waals surface area contributed by atoms with Gasteiger partial charge in [0.15, 0.2) is 0 Å². The SMILES string of the molecule is Oc1c(Cl)ccc(Br)c1[C@@H](CF)N1CCNCC1. The van der Waals surface area contributed by atoms with E-state index >= 15 is 0 Å². The fraction of sp³-hybridized carbons (Fsp3) is 0.500. The number of aromatic hydroxyl groups is 1. The summed E-state index contributed by atoms with van der Waals surface area (Å²) in [6.07, 6.45) is 0. The molecule has 0 spiro atoms. The van der Waals surface area contributed by atoms with Crippen LogP contribution in [0.4, 0.5) is 4.39 Å². The summed E-state index contributed by atoms with van der Waals surface area (Å²) in [5.74, 6) is -0.0350. The van der Waals surface area contributed by atoms with E-state index in [-0.39, 0.29) is 10.8 Å². The number of piperazine rings is 1. The third kappa shape index (κ3) is 2.79. The summed E-state index contributed by atoms with van der Waals surface area (Å²) in [6, 6.07) is 2.87. The molecule has 0 aliphatic carbocycles. The molecule has 1 aliphatic rings. The number of hydrogen-bond acceptors (Lipinski definition) is 3. The van der Waals surface area contributed by atoms with Crippen LogP contribution in [0, 0.1) is 0 Å². The monoisotopic (exact) mass is 336 g/mol. The Bertz CT molecular complexity index is 427. The fourth-order valence-electron chi connectivity index (χ4n) is 2.22. The molecule has 6 heteroatoms. The number of hydrogen-bond donors (Lipinski definition) is 2. The maximum Gasteiger partial charge on any atom is 0.140 e. The number of phenols is 1. The van der Waals surface area contributed by atoms with Crippen LogP contribution in [0.5, 0.6) is 5.75 Å². The van der Waals surface area contributed by atoms with Crippen molar-refractivity contribution in [2.45, 2.75) is 6.04 Å². The summed E-state index contributed by atoms with van der Waals surface area (Å²) in [6.45, 7) is 2.62. The zero-order chi connectivity index (χ0) is 13.1. The first-order valence-electron chi connectivity index (χ1n) is 5.82. The van der Waals surface area contributed by atoms with Crippen molar-refractivity contribution in [3.8, 4) is 5.75 Å². The highest BCUT2D eigenvalue weighted by Crippen LogP contribution is 2.39. The molecule has 1 fully saturated rings. The Hall–Kier alpha value is -0.360. The lowest BCUT2D eigenvalue weighted by Crippen LogP contribution is -2.45. The molecular formula is C12H15BrClFN2O. The van der Waals surface area contributed by atoms with Crippen LogP contribution in [0.15, 0.2) is 16.6 Å². The van der Waals surface area contributed by atoms with Crippen molar-refractivity contribution in [2.75, 3.05) is 32.9 Å². The molecular weight excluding hydrogens is 323 g/mol. The number of benzene rings is 1. The van der Waals surface area contributed by atoms with Crippen molar-refractivity contribution in [3.05, 3.63) is 27.2 Å². The lowest BCUT2D eigenvalue weighted by atomic mass is 10.0. The first-order chi connectivity index (χ1) is 8.65. The Labute approximate surface area is 119 Å². The molecule has 0 aromatic heterocycles. The summed E-state index contributed by atoms with van der Waals surface area (Å²) in [4.78, 5) is 2.02. The number of rotatable bonds is 3. The normalized spacial score (nSPS) is 18.8. The van der Waals surface area contributed by atoms with E-state index in [1.807, 2.05) is 4.90 Å². The number of nitrogens with one attached hydrogen (secondary N) is 1. The third-order valence-corrected chi connectivity index (χ3v) is 4.18. The second-order valence-electron chi connectivity index (χ2n) is 4.25. The van der Waals surface area contributed by atoms with E-state index in [1.54, 1.807) is 12.1 Å². The Balaban J connectivity index is 2.34. The van der Waals surface area contributed by atoms with Crippen molar-refractivity contribution < 1.29 is 9.50 Å². The average Bonchev–Trinajstić information content (AvgIpc) is 2.40. The Morgan fingerprint density at radius 2 is 2.11 bits per heavy atom. The summed E-state index contributed by atoms with van der Waals surface area (Å²) >= 11 is 9.26. The van der Waals surface area contributed by atoms with Crippen LogP contribution in [0.3, 0.4) is 0 Å². The molecule has 1 aromatic rings. The van der Waals surface area contributed by atoms with Gasteiger partial charge in [0, 0.05) is 36.2 Å². The van der Waals surface area contributed by atoms with Crippen molar-refractivity contribution >= 4 is 27.5 Å². The van der Waals surface area contributed by atoms with Gasteiger partial charge in [0.05, 0.1) is 11.1 Å². The van der Waals surface area contributed by atoms with Gasteiger partial charge in [-0.25, -0.2) is 4.39 Å². The van der Waals surface area contributed by atoms with Gasteiger partial charge in [-0.05, 0) is 12.1 Å². The number of nitrogens with zero attached hydrogens (tertiary/aromatic N) is 1. The summed E-state index contributed by atoms with van der Waals surface area (Å²) < 4.78 is 14.1. The zero-order valence-corrected chi connectivity index (χ0v) is 12.1. The van der Waals surface area contributed by atoms with Gasteiger partial charge < -0.3 is 10.4 Å². The highest BCUT2D eigenvalue weighted by Gasteiger charge is 2.27. The molecule has 100 valence electrons. The minimum Gasteiger partial charge on any atom is -0.506 e. The summed E-state index contributed by atoms with van der Waals surface area (Å²) in [7, 11) is 0. The standard InChI is InChI=1S/C12H15BrClFN2O/c13-8-1-2-9(14)12(18)11(8)10(7-15)17-5-3-16-4-6-17/h1-2,10,16,18H,3-7H2/t10-/m1/s1. The molecule has 1 heterocycles. The summed E-state index contributed by atoms with van der Waals surface area (Å²) in [5, 5.41) is 13.5. The molecule has 0 amide bonds. The van der Waals surface area contributed by atoms with Gasteiger partial charge in [-0.3, -0.25) is 4.90 Å². The molecule has 1 atom stereocenters. The molecule has 1 aliphatic heterocycles. The van der Waals surface area contributed by atoms with Crippen LogP contribution in [0.25, 0.3) is 0 Å². The lowest BCUT2D eigenvalue weighted by molar-refractivity contribution is 0.144. The van der Waals surface area contributed by atoms with Crippen LogP contribution < -0.4 is 5.32 Å². The van der Waals surface area contributed by atoms with Crippen LogP contribution in [-0.4, -0.2) is 42.9 Å². The molecule has 0 bridgehead atoms. The van der Waals surface area contributed by atoms with Gasteiger partial charge in [-0.1, -0.05) is 27.5 Å². The Morgan fingerprint density at radius 1 is 1.44 bits per heavy atom. The minimum absolute atomic E-state index is 0.0350. The van der Waals surface area contributed by atoms with E-state index in [0.29, 0.717) is 10.0 Å². The lowest BCUT2D eigenvalue weighted by Gasteiger charge is -2.34. The molecule has 2 rings (SSSR count). The molecule has 0 radical (unpaired) electrons. The zero-order valence-electron chi connectivity index (χ0n) is 9.80. The number of halogens is 3. The first kappa shape index (κ1) is 14.1. The maximum atomic E-state index is 13.4. The van der Waals surface area contributed by atoms with E-state index in [1.165, 1.54) is 0 Å².